The van der Waals surface area contributed by atoms with Gasteiger partial charge < -0.3 is 10.2 Å². The fourth-order valence-corrected chi connectivity index (χ4v) is 3.41. The number of fused-ring (bicyclic) bond motifs is 1. The summed E-state index contributed by atoms with van der Waals surface area (Å²) in [6.45, 7) is 2.06. The van der Waals surface area contributed by atoms with Gasteiger partial charge in [0, 0.05) is 12.1 Å². The van der Waals surface area contributed by atoms with Gasteiger partial charge in [-0.25, -0.2) is 4.39 Å². The van der Waals surface area contributed by atoms with Crippen molar-refractivity contribution in [3.8, 4) is 0 Å². The molecule has 1 aliphatic heterocycles. The summed E-state index contributed by atoms with van der Waals surface area (Å²) >= 11 is 0. The smallest absolute Gasteiger partial charge is 0.258 e. The van der Waals surface area contributed by atoms with E-state index < -0.39 is 11.7 Å². The van der Waals surface area contributed by atoms with Crippen LogP contribution in [-0.4, -0.2) is 45.5 Å². The molecule has 0 unspecified atom stereocenters. The van der Waals surface area contributed by atoms with E-state index in [-0.39, 0.29) is 5.56 Å². The molecule has 3 aromatic rings. The number of carbonyl (C=O) groups excluding carboxylic acids is 1. The number of pyridine rings is 1. The first-order chi connectivity index (χ1) is 12.6. The van der Waals surface area contributed by atoms with Gasteiger partial charge in [0.2, 0.25) is 0 Å². The summed E-state index contributed by atoms with van der Waals surface area (Å²) in [6, 6.07) is 9.50. The number of piperidine rings is 1. The molecule has 0 spiro atoms. The highest BCUT2D eigenvalue weighted by molar-refractivity contribution is 6.06. The van der Waals surface area contributed by atoms with Crippen LogP contribution >= 0.6 is 0 Å². The van der Waals surface area contributed by atoms with Crippen LogP contribution in [0, 0.1) is 5.82 Å². The molecule has 7 heteroatoms. The Balaban J connectivity index is 1.63. The molecule has 1 aliphatic rings. The van der Waals surface area contributed by atoms with E-state index in [4.69, 9.17) is 0 Å². The summed E-state index contributed by atoms with van der Waals surface area (Å²) in [5, 5.41) is 11.4. The van der Waals surface area contributed by atoms with Gasteiger partial charge >= 0.3 is 0 Å². The van der Waals surface area contributed by atoms with Crippen molar-refractivity contribution in [2.24, 2.45) is 0 Å². The Morgan fingerprint density at radius 1 is 1.15 bits per heavy atom. The number of benzene rings is 1. The van der Waals surface area contributed by atoms with Gasteiger partial charge in [-0.15, -0.1) is 10.2 Å². The number of anilines is 1. The highest BCUT2D eigenvalue weighted by Crippen LogP contribution is 2.28. The molecular weight excluding hydrogens is 333 g/mol. The normalized spacial score (nSPS) is 16.1. The SMILES string of the molecule is CN1CCC(c2nnc3c(NC(=O)c4ccccc4F)cccn23)CC1. The van der Waals surface area contributed by atoms with Crippen molar-refractivity contribution in [3.05, 3.63) is 59.8 Å². The van der Waals surface area contributed by atoms with Crippen molar-refractivity contribution in [3.63, 3.8) is 0 Å². The summed E-state index contributed by atoms with van der Waals surface area (Å²) < 4.78 is 15.8. The second-order valence-electron chi connectivity index (χ2n) is 6.69. The summed E-state index contributed by atoms with van der Waals surface area (Å²) in [5.41, 5.74) is 1.10. The molecule has 1 N–H and O–H groups in total. The fraction of sp³-hybridized carbons (Fsp3) is 0.316. The third kappa shape index (κ3) is 3.06. The molecule has 26 heavy (non-hydrogen) atoms. The molecule has 3 heterocycles. The van der Waals surface area contributed by atoms with Crippen LogP contribution < -0.4 is 5.32 Å². The van der Waals surface area contributed by atoms with Crippen LogP contribution in [0.3, 0.4) is 0 Å². The van der Waals surface area contributed by atoms with Crippen LogP contribution in [0.25, 0.3) is 5.65 Å². The van der Waals surface area contributed by atoms with Crippen LogP contribution in [-0.2, 0) is 0 Å². The van der Waals surface area contributed by atoms with Gasteiger partial charge in [0.25, 0.3) is 5.91 Å². The van der Waals surface area contributed by atoms with Crippen molar-refractivity contribution in [2.45, 2.75) is 18.8 Å². The molecule has 0 bridgehead atoms. The Kier molecular flexibility index (Phi) is 4.38. The number of likely N-dealkylation sites (tertiary alicyclic amines) is 1. The van der Waals surface area contributed by atoms with Crippen molar-refractivity contribution in [2.75, 3.05) is 25.5 Å². The number of rotatable bonds is 3. The number of hydrogen-bond donors (Lipinski definition) is 1. The van der Waals surface area contributed by atoms with Gasteiger partial charge in [-0.1, -0.05) is 12.1 Å². The van der Waals surface area contributed by atoms with E-state index in [1.54, 1.807) is 18.2 Å². The third-order valence-electron chi connectivity index (χ3n) is 4.91. The van der Waals surface area contributed by atoms with Gasteiger partial charge in [-0.05, 0) is 57.2 Å². The van der Waals surface area contributed by atoms with Gasteiger partial charge in [-0.2, -0.15) is 0 Å². The first-order valence-corrected chi connectivity index (χ1v) is 8.71. The first kappa shape index (κ1) is 16.7. The number of nitrogens with zero attached hydrogens (tertiary/aromatic N) is 4. The van der Waals surface area contributed by atoms with E-state index in [0.29, 0.717) is 17.3 Å². The van der Waals surface area contributed by atoms with E-state index in [1.807, 2.05) is 16.7 Å². The maximum Gasteiger partial charge on any atom is 0.258 e. The van der Waals surface area contributed by atoms with E-state index in [9.17, 15) is 9.18 Å². The first-order valence-electron chi connectivity index (χ1n) is 8.71. The summed E-state index contributed by atoms with van der Waals surface area (Å²) in [7, 11) is 2.12. The Hall–Kier alpha value is -2.80. The minimum absolute atomic E-state index is 0.00422. The highest BCUT2D eigenvalue weighted by Gasteiger charge is 2.24. The molecule has 1 fully saturated rings. The predicted octanol–water partition coefficient (Wildman–Crippen LogP) is 2.93. The number of aromatic nitrogens is 3. The summed E-state index contributed by atoms with van der Waals surface area (Å²) in [4.78, 5) is 14.7. The molecule has 6 nitrogen and oxygen atoms in total. The molecular formula is C19H20FN5O. The van der Waals surface area contributed by atoms with Gasteiger partial charge in [0.05, 0.1) is 11.3 Å². The Morgan fingerprint density at radius 2 is 1.92 bits per heavy atom. The lowest BCUT2D eigenvalue weighted by molar-refractivity contribution is 0.102. The third-order valence-corrected chi connectivity index (χ3v) is 4.91. The lowest BCUT2D eigenvalue weighted by Crippen LogP contribution is -2.29. The summed E-state index contributed by atoms with van der Waals surface area (Å²) in [5.74, 6) is 0.208. The van der Waals surface area contributed by atoms with E-state index in [1.165, 1.54) is 12.1 Å². The average molecular weight is 353 g/mol. The molecule has 0 saturated carbocycles. The topological polar surface area (TPSA) is 62.5 Å². The summed E-state index contributed by atoms with van der Waals surface area (Å²) in [6.07, 6.45) is 3.97. The number of carbonyl (C=O) groups is 1. The van der Waals surface area contributed by atoms with Gasteiger partial charge in [-0.3, -0.25) is 9.20 Å². The minimum atomic E-state index is -0.551. The number of amides is 1. The molecule has 0 radical (unpaired) electrons. The maximum absolute atomic E-state index is 13.8. The van der Waals surface area contributed by atoms with Crippen LogP contribution in [0.5, 0.6) is 0 Å². The fourth-order valence-electron chi connectivity index (χ4n) is 3.41. The molecule has 2 aromatic heterocycles. The lowest BCUT2D eigenvalue weighted by atomic mass is 9.96. The molecule has 1 amide bonds. The lowest BCUT2D eigenvalue weighted by Gasteiger charge is -2.27. The highest BCUT2D eigenvalue weighted by atomic mass is 19.1. The van der Waals surface area contributed by atoms with Crippen LogP contribution in [0.1, 0.15) is 34.9 Å². The van der Waals surface area contributed by atoms with Crippen LogP contribution in [0.2, 0.25) is 0 Å². The number of nitrogens with one attached hydrogen (secondary N) is 1. The van der Waals surface area contributed by atoms with Gasteiger partial charge in [0.1, 0.15) is 11.6 Å². The predicted molar refractivity (Wildman–Crippen MR) is 96.8 cm³/mol. The zero-order chi connectivity index (χ0) is 18.1. The van der Waals surface area contributed by atoms with E-state index in [2.05, 4.69) is 27.5 Å². The molecule has 0 atom stereocenters. The van der Waals surface area contributed by atoms with Gasteiger partial charge in [0.15, 0.2) is 5.65 Å². The standard InChI is InChI=1S/C19H20FN5O/c1-24-11-8-13(9-12-24)17-22-23-18-16(7-4-10-25(17)18)21-19(26)14-5-2-3-6-15(14)20/h2-7,10,13H,8-9,11-12H2,1H3,(H,21,26). The molecule has 134 valence electrons. The van der Waals surface area contributed by atoms with E-state index >= 15 is 0 Å². The zero-order valence-electron chi connectivity index (χ0n) is 14.5. The quantitative estimate of drug-likeness (QED) is 0.786. The van der Waals surface area contributed by atoms with Crippen molar-refractivity contribution < 1.29 is 9.18 Å². The zero-order valence-corrected chi connectivity index (χ0v) is 14.5. The Bertz CT molecular complexity index is 946. The van der Waals surface area contributed by atoms with Crippen molar-refractivity contribution in [1.29, 1.82) is 0 Å². The maximum atomic E-state index is 13.8. The van der Waals surface area contributed by atoms with E-state index in [0.717, 1.165) is 31.8 Å². The number of halogens is 1. The minimum Gasteiger partial charge on any atom is -0.319 e. The molecule has 1 saturated heterocycles. The van der Waals surface area contributed by atoms with Crippen LogP contribution in [0.4, 0.5) is 10.1 Å². The Labute approximate surface area is 150 Å². The average Bonchev–Trinajstić information content (AvgIpc) is 3.08. The monoisotopic (exact) mass is 353 g/mol. The molecule has 4 rings (SSSR count). The molecule has 0 aliphatic carbocycles. The number of hydrogen-bond acceptors (Lipinski definition) is 4. The Morgan fingerprint density at radius 3 is 2.69 bits per heavy atom. The second-order valence-corrected chi connectivity index (χ2v) is 6.69. The van der Waals surface area contributed by atoms with Crippen molar-refractivity contribution in [1.82, 2.24) is 19.5 Å². The molecule has 1 aromatic carbocycles. The van der Waals surface area contributed by atoms with Crippen molar-refractivity contribution >= 4 is 17.2 Å². The largest absolute Gasteiger partial charge is 0.319 e. The van der Waals surface area contributed by atoms with Crippen LogP contribution in [0.15, 0.2) is 42.6 Å². The second kappa shape index (κ2) is 6.84.